The minimum absolute atomic E-state index is 0.0615. The third kappa shape index (κ3) is 4.16. The normalized spacial score (nSPS) is 18.6. The number of nitrogens with zero attached hydrogens (tertiary/aromatic N) is 5. The first-order valence-corrected chi connectivity index (χ1v) is 10.8. The lowest BCUT2D eigenvalue weighted by Crippen LogP contribution is -2.52. The summed E-state index contributed by atoms with van der Waals surface area (Å²) >= 11 is 6.06. The van der Waals surface area contributed by atoms with Crippen LogP contribution in [0.15, 0.2) is 48.8 Å². The number of rotatable bonds is 4. The Morgan fingerprint density at radius 1 is 1.19 bits per heavy atom. The van der Waals surface area contributed by atoms with Crippen LogP contribution >= 0.6 is 11.6 Å². The van der Waals surface area contributed by atoms with E-state index in [1.807, 2.05) is 47.1 Å². The van der Waals surface area contributed by atoms with Crippen LogP contribution in [0, 0.1) is 0 Å². The summed E-state index contributed by atoms with van der Waals surface area (Å²) in [6, 6.07) is 11.6. The van der Waals surface area contributed by atoms with Gasteiger partial charge in [0.25, 0.3) is 5.91 Å². The topological polar surface area (TPSA) is 63.5 Å². The van der Waals surface area contributed by atoms with E-state index in [4.69, 9.17) is 16.3 Å². The molecule has 0 bridgehead atoms. The molecule has 1 atom stereocenters. The van der Waals surface area contributed by atoms with Crippen LogP contribution in [0.2, 0.25) is 5.02 Å². The third-order valence-electron chi connectivity index (χ3n) is 5.98. The third-order valence-corrected chi connectivity index (χ3v) is 6.21. The molecule has 1 amide bonds. The maximum atomic E-state index is 13.0. The summed E-state index contributed by atoms with van der Waals surface area (Å²) in [7, 11) is 1.97. The second-order valence-electron chi connectivity index (χ2n) is 8.05. The Bertz CT molecular complexity index is 1090. The van der Waals surface area contributed by atoms with Crippen molar-refractivity contribution in [3.63, 3.8) is 0 Å². The van der Waals surface area contributed by atoms with Gasteiger partial charge in [0, 0.05) is 69.2 Å². The monoisotopic (exact) mass is 437 g/mol. The predicted molar refractivity (Wildman–Crippen MR) is 118 cm³/mol. The number of piperazine rings is 1. The highest BCUT2D eigenvalue weighted by Gasteiger charge is 2.34. The van der Waals surface area contributed by atoms with Gasteiger partial charge in [-0.1, -0.05) is 11.6 Å². The van der Waals surface area contributed by atoms with E-state index < -0.39 is 6.10 Å². The standard InChI is InChI=1S/C23H24ClN5O2/c1-27-19(13-20(26-27)16-3-2-6-25-14-16)15-28-7-9-29(10-8-28)23(30)22-12-17-11-18(24)4-5-21(17)31-22/h2-6,11,13-14,22H,7-10,12,15H2,1H3. The number of pyridine rings is 1. The van der Waals surface area contributed by atoms with Gasteiger partial charge in [0.2, 0.25) is 0 Å². The van der Waals surface area contributed by atoms with Gasteiger partial charge in [0.15, 0.2) is 6.10 Å². The van der Waals surface area contributed by atoms with Crippen LogP contribution in [0.25, 0.3) is 11.3 Å². The average Bonchev–Trinajstić information content (AvgIpc) is 3.37. The molecule has 2 aliphatic heterocycles. The molecule has 31 heavy (non-hydrogen) atoms. The molecule has 0 saturated carbocycles. The average molecular weight is 438 g/mol. The van der Waals surface area contributed by atoms with Crippen molar-refractivity contribution in [3.8, 4) is 17.0 Å². The zero-order valence-corrected chi connectivity index (χ0v) is 18.1. The summed E-state index contributed by atoms with van der Waals surface area (Å²) in [6.45, 7) is 3.84. The van der Waals surface area contributed by atoms with Gasteiger partial charge in [-0.2, -0.15) is 5.10 Å². The van der Waals surface area contributed by atoms with Crippen LogP contribution < -0.4 is 4.74 Å². The zero-order chi connectivity index (χ0) is 21.4. The molecule has 160 valence electrons. The van der Waals surface area contributed by atoms with Gasteiger partial charge in [-0.15, -0.1) is 0 Å². The Kier molecular flexibility index (Phi) is 5.38. The van der Waals surface area contributed by atoms with Crippen molar-refractivity contribution in [2.75, 3.05) is 26.2 Å². The van der Waals surface area contributed by atoms with E-state index in [0.29, 0.717) is 24.5 Å². The van der Waals surface area contributed by atoms with Crippen molar-refractivity contribution in [2.24, 2.45) is 7.05 Å². The van der Waals surface area contributed by atoms with Crippen LogP contribution in [-0.4, -0.2) is 62.8 Å². The first kappa shape index (κ1) is 20.0. The van der Waals surface area contributed by atoms with Gasteiger partial charge in [-0.25, -0.2) is 0 Å². The fraction of sp³-hybridized carbons (Fsp3) is 0.348. The molecule has 4 heterocycles. The van der Waals surface area contributed by atoms with Crippen LogP contribution in [0.4, 0.5) is 0 Å². The number of carbonyl (C=O) groups excluding carboxylic acids is 1. The van der Waals surface area contributed by atoms with Crippen LogP contribution in [-0.2, 0) is 24.8 Å². The molecule has 3 aromatic rings. The van der Waals surface area contributed by atoms with E-state index in [9.17, 15) is 4.79 Å². The number of aryl methyl sites for hydroxylation is 1. The minimum Gasteiger partial charge on any atom is -0.480 e. The summed E-state index contributed by atoms with van der Waals surface area (Å²) in [6.07, 6.45) is 3.73. The van der Waals surface area contributed by atoms with Crippen molar-refractivity contribution >= 4 is 17.5 Å². The number of halogens is 1. The first-order valence-electron chi connectivity index (χ1n) is 10.5. The summed E-state index contributed by atoms with van der Waals surface area (Å²) in [4.78, 5) is 21.4. The number of amides is 1. The van der Waals surface area contributed by atoms with Gasteiger partial charge >= 0.3 is 0 Å². The highest BCUT2D eigenvalue weighted by molar-refractivity contribution is 6.30. The van der Waals surface area contributed by atoms with E-state index in [-0.39, 0.29) is 5.91 Å². The fourth-order valence-corrected chi connectivity index (χ4v) is 4.42. The Hall–Kier alpha value is -2.90. The number of benzene rings is 1. The van der Waals surface area contributed by atoms with E-state index >= 15 is 0 Å². The quantitative estimate of drug-likeness (QED) is 0.628. The second-order valence-corrected chi connectivity index (χ2v) is 8.49. The Morgan fingerprint density at radius 3 is 2.81 bits per heavy atom. The Labute approximate surface area is 186 Å². The Morgan fingerprint density at radius 2 is 2.03 bits per heavy atom. The van der Waals surface area contributed by atoms with E-state index in [2.05, 4.69) is 21.0 Å². The highest BCUT2D eigenvalue weighted by atomic mass is 35.5. The lowest BCUT2D eigenvalue weighted by molar-refractivity contribution is -0.139. The molecular weight excluding hydrogens is 414 g/mol. The molecule has 1 fully saturated rings. The van der Waals surface area contributed by atoms with Crippen molar-refractivity contribution in [1.82, 2.24) is 24.6 Å². The van der Waals surface area contributed by atoms with Crippen LogP contribution in [0.3, 0.4) is 0 Å². The summed E-state index contributed by atoms with van der Waals surface area (Å²) in [5.41, 5.74) is 4.09. The van der Waals surface area contributed by atoms with Crippen molar-refractivity contribution in [2.45, 2.75) is 19.1 Å². The van der Waals surface area contributed by atoms with Crippen LogP contribution in [0.1, 0.15) is 11.3 Å². The molecular formula is C23H24ClN5O2. The molecule has 0 N–H and O–H groups in total. The highest BCUT2D eigenvalue weighted by Crippen LogP contribution is 2.32. The number of aromatic nitrogens is 3. The van der Waals surface area contributed by atoms with E-state index in [1.165, 1.54) is 0 Å². The molecule has 5 rings (SSSR count). The van der Waals surface area contributed by atoms with E-state index in [0.717, 1.165) is 47.9 Å². The number of hydrogen-bond donors (Lipinski definition) is 0. The van der Waals surface area contributed by atoms with Crippen molar-refractivity contribution < 1.29 is 9.53 Å². The van der Waals surface area contributed by atoms with Crippen LogP contribution in [0.5, 0.6) is 5.75 Å². The van der Waals surface area contributed by atoms with E-state index in [1.54, 1.807) is 12.3 Å². The van der Waals surface area contributed by atoms with Gasteiger partial charge in [-0.05, 0) is 42.0 Å². The lowest BCUT2D eigenvalue weighted by atomic mass is 10.1. The number of fused-ring (bicyclic) bond motifs is 1. The maximum Gasteiger partial charge on any atom is 0.264 e. The fourth-order valence-electron chi connectivity index (χ4n) is 4.22. The molecule has 2 aliphatic rings. The molecule has 8 heteroatoms. The van der Waals surface area contributed by atoms with Gasteiger partial charge in [0.05, 0.1) is 11.4 Å². The predicted octanol–water partition coefficient (Wildman–Crippen LogP) is 2.78. The van der Waals surface area contributed by atoms with Gasteiger partial charge in [0.1, 0.15) is 5.75 Å². The second kappa shape index (κ2) is 8.32. The molecule has 1 unspecified atom stereocenters. The molecule has 2 aromatic heterocycles. The number of carbonyl (C=O) groups is 1. The minimum atomic E-state index is -0.445. The van der Waals surface area contributed by atoms with Gasteiger partial charge in [-0.3, -0.25) is 19.4 Å². The first-order chi connectivity index (χ1) is 15.1. The van der Waals surface area contributed by atoms with Gasteiger partial charge < -0.3 is 9.64 Å². The summed E-state index contributed by atoms with van der Waals surface area (Å²) < 4.78 is 7.80. The number of hydrogen-bond acceptors (Lipinski definition) is 5. The van der Waals surface area contributed by atoms with Crippen molar-refractivity contribution in [3.05, 3.63) is 65.1 Å². The summed E-state index contributed by atoms with van der Waals surface area (Å²) in [5, 5.41) is 5.30. The molecule has 7 nitrogen and oxygen atoms in total. The smallest absolute Gasteiger partial charge is 0.264 e. The largest absolute Gasteiger partial charge is 0.480 e. The molecule has 1 aromatic carbocycles. The van der Waals surface area contributed by atoms with Crippen molar-refractivity contribution in [1.29, 1.82) is 0 Å². The Balaban J connectivity index is 1.17. The molecule has 0 spiro atoms. The maximum absolute atomic E-state index is 13.0. The lowest BCUT2D eigenvalue weighted by Gasteiger charge is -2.35. The molecule has 1 saturated heterocycles. The molecule has 0 aliphatic carbocycles. The molecule has 0 radical (unpaired) electrons. The zero-order valence-electron chi connectivity index (χ0n) is 17.4. The summed E-state index contributed by atoms with van der Waals surface area (Å²) in [5.74, 6) is 0.827. The SMILES string of the molecule is Cn1nc(-c2cccnc2)cc1CN1CCN(C(=O)C2Cc3cc(Cl)ccc3O2)CC1. The number of ether oxygens (including phenoxy) is 1.